The van der Waals surface area contributed by atoms with Crippen LogP contribution in [0.1, 0.15) is 17.9 Å². The monoisotopic (exact) mass is 306 g/mol. The first-order chi connectivity index (χ1) is 10.2. The predicted octanol–water partition coefficient (Wildman–Crippen LogP) is 3.25. The summed E-state index contributed by atoms with van der Waals surface area (Å²) in [6, 6.07) is 9.18. The molecule has 2 rings (SSSR count). The fourth-order valence-corrected chi connectivity index (χ4v) is 2.53. The van der Waals surface area contributed by atoms with Crippen LogP contribution in [-0.2, 0) is 10.5 Å². The van der Waals surface area contributed by atoms with Crippen LogP contribution in [0.3, 0.4) is 0 Å². The van der Waals surface area contributed by atoms with Gasteiger partial charge in [0, 0.05) is 23.9 Å². The van der Waals surface area contributed by atoms with Crippen molar-refractivity contribution in [3.8, 4) is 5.75 Å². The van der Waals surface area contributed by atoms with Gasteiger partial charge in [0.25, 0.3) is 0 Å². The number of ether oxygens (including phenoxy) is 1. The number of aromatic nitrogens is 1. The largest absolute Gasteiger partial charge is 0.497 e. The van der Waals surface area contributed by atoms with E-state index in [2.05, 4.69) is 10.5 Å². The summed E-state index contributed by atoms with van der Waals surface area (Å²) in [4.78, 5) is 11.8. The zero-order valence-corrected chi connectivity index (χ0v) is 12.9. The van der Waals surface area contributed by atoms with E-state index in [1.54, 1.807) is 18.9 Å². The zero-order valence-electron chi connectivity index (χ0n) is 12.1. The highest BCUT2D eigenvalue weighted by Gasteiger charge is 2.05. The smallest absolute Gasteiger partial charge is 0.225 e. The summed E-state index contributed by atoms with van der Waals surface area (Å²) in [5.74, 6) is 3.08. The van der Waals surface area contributed by atoms with Gasteiger partial charge in [0.2, 0.25) is 5.91 Å². The zero-order chi connectivity index (χ0) is 15.1. The predicted molar refractivity (Wildman–Crippen MR) is 83.6 cm³/mol. The van der Waals surface area contributed by atoms with Crippen molar-refractivity contribution in [1.29, 1.82) is 0 Å². The molecule has 0 fully saturated rings. The molecule has 0 saturated heterocycles. The van der Waals surface area contributed by atoms with Gasteiger partial charge in [-0.3, -0.25) is 4.79 Å². The molecule has 0 aliphatic heterocycles. The summed E-state index contributed by atoms with van der Waals surface area (Å²) in [5, 5.41) is 6.67. The summed E-state index contributed by atoms with van der Waals surface area (Å²) in [5.41, 5.74) is 1.65. The average Bonchev–Trinajstić information content (AvgIpc) is 2.90. The SMILES string of the molecule is COc1ccc(NC(=O)CCSCc2cc(C)no2)cc1. The van der Waals surface area contributed by atoms with Crippen molar-refractivity contribution in [2.24, 2.45) is 0 Å². The Labute approximate surface area is 128 Å². The van der Waals surface area contributed by atoms with Crippen molar-refractivity contribution in [2.75, 3.05) is 18.2 Å². The molecule has 1 heterocycles. The molecule has 112 valence electrons. The second-order valence-corrected chi connectivity index (χ2v) is 5.62. The third-order valence-corrected chi connectivity index (χ3v) is 3.75. The average molecular weight is 306 g/mol. The molecule has 0 radical (unpaired) electrons. The molecule has 5 nitrogen and oxygen atoms in total. The summed E-state index contributed by atoms with van der Waals surface area (Å²) >= 11 is 1.65. The molecule has 0 spiro atoms. The number of carbonyl (C=O) groups excluding carboxylic acids is 1. The number of methoxy groups -OCH3 is 1. The van der Waals surface area contributed by atoms with Gasteiger partial charge in [0.15, 0.2) is 0 Å². The third-order valence-electron chi connectivity index (χ3n) is 2.77. The summed E-state index contributed by atoms with van der Waals surface area (Å²) in [7, 11) is 1.61. The Kier molecular flexibility index (Phi) is 5.68. The fourth-order valence-electron chi connectivity index (χ4n) is 1.72. The Bertz CT molecular complexity index is 581. The van der Waals surface area contributed by atoms with E-state index < -0.39 is 0 Å². The molecule has 0 atom stereocenters. The molecule has 0 bridgehead atoms. The highest BCUT2D eigenvalue weighted by molar-refractivity contribution is 7.98. The number of amides is 1. The van der Waals surface area contributed by atoms with Crippen LogP contribution in [0.2, 0.25) is 0 Å². The number of benzene rings is 1. The molecule has 6 heteroatoms. The molecule has 1 amide bonds. The molecule has 1 N–H and O–H groups in total. The van der Waals surface area contributed by atoms with Crippen LogP contribution in [0, 0.1) is 6.92 Å². The van der Waals surface area contributed by atoms with Crippen LogP contribution < -0.4 is 10.1 Å². The Balaban J connectivity index is 1.67. The van der Waals surface area contributed by atoms with E-state index in [9.17, 15) is 4.79 Å². The third kappa shape index (κ3) is 5.15. The molecule has 2 aromatic rings. The number of carbonyl (C=O) groups is 1. The highest BCUT2D eigenvalue weighted by Crippen LogP contribution is 2.16. The van der Waals surface area contributed by atoms with Crippen LogP contribution >= 0.6 is 11.8 Å². The maximum absolute atomic E-state index is 11.8. The van der Waals surface area contributed by atoms with E-state index in [1.165, 1.54) is 0 Å². The lowest BCUT2D eigenvalue weighted by Gasteiger charge is -2.06. The highest BCUT2D eigenvalue weighted by atomic mass is 32.2. The lowest BCUT2D eigenvalue weighted by Crippen LogP contribution is -2.12. The normalized spacial score (nSPS) is 10.4. The summed E-state index contributed by atoms with van der Waals surface area (Å²) in [6.45, 7) is 1.89. The number of aryl methyl sites for hydroxylation is 1. The first kappa shape index (κ1) is 15.4. The van der Waals surface area contributed by atoms with Crippen LogP contribution in [0.15, 0.2) is 34.9 Å². The molecular formula is C15H18N2O3S. The van der Waals surface area contributed by atoms with Gasteiger partial charge in [-0.25, -0.2) is 0 Å². The number of nitrogens with zero attached hydrogens (tertiary/aromatic N) is 1. The fraction of sp³-hybridized carbons (Fsp3) is 0.333. The van der Waals surface area contributed by atoms with Crippen molar-refractivity contribution in [1.82, 2.24) is 5.16 Å². The van der Waals surface area contributed by atoms with Crippen LogP contribution in [0.4, 0.5) is 5.69 Å². The number of nitrogens with one attached hydrogen (secondary N) is 1. The minimum absolute atomic E-state index is 0.00131. The van der Waals surface area contributed by atoms with Gasteiger partial charge in [-0.2, -0.15) is 11.8 Å². The van der Waals surface area contributed by atoms with Gasteiger partial charge >= 0.3 is 0 Å². The molecule has 0 saturated carbocycles. The second kappa shape index (κ2) is 7.73. The van der Waals surface area contributed by atoms with Gasteiger partial charge < -0.3 is 14.6 Å². The van der Waals surface area contributed by atoms with Crippen LogP contribution in [-0.4, -0.2) is 23.9 Å². The molecule has 0 aliphatic carbocycles. The Hall–Kier alpha value is -1.95. The quantitative estimate of drug-likeness (QED) is 0.795. The first-order valence-corrected chi connectivity index (χ1v) is 7.76. The van der Waals surface area contributed by atoms with Gasteiger partial charge in [-0.15, -0.1) is 0 Å². The van der Waals surface area contributed by atoms with Crippen LogP contribution in [0.5, 0.6) is 5.75 Å². The maximum atomic E-state index is 11.8. The topological polar surface area (TPSA) is 64.4 Å². The molecular weight excluding hydrogens is 288 g/mol. The van der Waals surface area contributed by atoms with Crippen molar-refractivity contribution in [3.05, 3.63) is 41.8 Å². The van der Waals surface area contributed by atoms with Gasteiger partial charge in [-0.05, 0) is 31.2 Å². The number of thioether (sulfide) groups is 1. The van der Waals surface area contributed by atoms with Crippen molar-refractivity contribution in [3.63, 3.8) is 0 Å². The maximum Gasteiger partial charge on any atom is 0.225 e. The minimum Gasteiger partial charge on any atom is -0.497 e. The van der Waals surface area contributed by atoms with Gasteiger partial charge in [-0.1, -0.05) is 5.16 Å². The van der Waals surface area contributed by atoms with Crippen LogP contribution in [0.25, 0.3) is 0 Å². The van der Waals surface area contributed by atoms with Crippen molar-refractivity contribution >= 4 is 23.4 Å². The van der Waals surface area contributed by atoms with Crippen molar-refractivity contribution < 1.29 is 14.1 Å². The van der Waals surface area contributed by atoms with Crippen molar-refractivity contribution in [2.45, 2.75) is 19.1 Å². The molecule has 1 aromatic carbocycles. The lowest BCUT2D eigenvalue weighted by molar-refractivity contribution is -0.115. The summed E-state index contributed by atoms with van der Waals surface area (Å²) < 4.78 is 10.2. The first-order valence-electron chi connectivity index (χ1n) is 6.61. The molecule has 1 aromatic heterocycles. The standard InChI is InChI=1S/C15H18N2O3S/c1-11-9-14(20-17-11)10-21-8-7-15(18)16-12-3-5-13(19-2)6-4-12/h3-6,9H,7-8,10H2,1-2H3,(H,16,18). The number of rotatable bonds is 7. The minimum atomic E-state index is 0.00131. The van der Waals surface area contributed by atoms with E-state index in [-0.39, 0.29) is 5.91 Å². The van der Waals surface area contributed by atoms with E-state index in [0.717, 1.165) is 34.4 Å². The van der Waals surface area contributed by atoms with Gasteiger partial charge in [0.1, 0.15) is 11.5 Å². The van der Waals surface area contributed by atoms with E-state index in [0.29, 0.717) is 6.42 Å². The number of hydrogen-bond acceptors (Lipinski definition) is 5. The number of hydrogen-bond donors (Lipinski definition) is 1. The second-order valence-electron chi connectivity index (χ2n) is 4.51. The van der Waals surface area contributed by atoms with E-state index in [1.807, 2.05) is 37.3 Å². The molecule has 21 heavy (non-hydrogen) atoms. The number of anilines is 1. The Morgan fingerprint density at radius 3 is 2.76 bits per heavy atom. The molecule has 0 unspecified atom stereocenters. The lowest BCUT2D eigenvalue weighted by atomic mass is 10.3. The molecule has 0 aliphatic rings. The van der Waals surface area contributed by atoms with Gasteiger partial charge in [0.05, 0.1) is 18.6 Å². The van der Waals surface area contributed by atoms with E-state index in [4.69, 9.17) is 9.26 Å². The summed E-state index contributed by atoms with van der Waals surface area (Å²) in [6.07, 6.45) is 0.462. The Morgan fingerprint density at radius 1 is 1.38 bits per heavy atom. The van der Waals surface area contributed by atoms with E-state index >= 15 is 0 Å². The Morgan fingerprint density at radius 2 is 2.14 bits per heavy atom.